The average molecular weight is 360 g/mol. The van der Waals surface area contributed by atoms with Crippen molar-refractivity contribution >= 4 is 35.0 Å². The fraction of sp³-hybridized carbons (Fsp3) is 0.118. The maximum absolute atomic E-state index is 6.23. The molecule has 0 atom stereocenters. The highest BCUT2D eigenvalue weighted by Gasteiger charge is 2.07. The summed E-state index contributed by atoms with van der Waals surface area (Å²) in [5, 5.41) is 7.54. The van der Waals surface area contributed by atoms with Crippen LogP contribution < -0.4 is 10.6 Å². The molecule has 0 aliphatic heterocycles. The van der Waals surface area contributed by atoms with E-state index in [1.165, 1.54) is 0 Å². The van der Waals surface area contributed by atoms with Crippen LogP contribution in [-0.4, -0.2) is 28.0 Å². The van der Waals surface area contributed by atoms with Crippen molar-refractivity contribution < 1.29 is 0 Å². The van der Waals surface area contributed by atoms with E-state index in [-0.39, 0.29) is 0 Å². The van der Waals surface area contributed by atoms with Crippen LogP contribution in [0.2, 0.25) is 10.0 Å². The van der Waals surface area contributed by atoms with Crippen LogP contribution in [0.1, 0.15) is 0 Å². The van der Waals surface area contributed by atoms with Crippen molar-refractivity contribution in [2.75, 3.05) is 23.7 Å². The molecule has 7 heteroatoms. The van der Waals surface area contributed by atoms with E-state index in [4.69, 9.17) is 23.2 Å². The standard InChI is InChI=1S/C17H15Cl2N5/c18-12-4-5-13(14(19)11-12)15-6-8-22-17(24-15)23-10-9-21-16-3-1-2-7-20-16/h1-8,11H,9-10H2,(H,20,21)(H,22,23,24). The predicted molar refractivity (Wildman–Crippen MR) is 98.7 cm³/mol. The molecule has 0 aliphatic carbocycles. The minimum atomic E-state index is 0.543. The lowest BCUT2D eigenvalue weighted by Gasteiger charge is -2.09. The topological polar surface area (TPSA) is 62.7 Å². The summed E-state index contributed by atoms with van der Waals surface area (Å²) >= 11 is 12.2. The van der Waals surface area contributed by atoms with Crippen LogP contribution in [0.4, 0.5) is 11.8 Å². The summed E-state index contributed by atoms with van der Waals surface area (Å²) in [7, 11) is 0. The maximum Gasteiger partial charge on any atom is 0.223 e. The highest BCUT2D eigenvalue weighted by molar-refractivity contribution is 6.36. The van der Waals surface area contributed by atoms with Crippen molar-refractivity contribution in [1.82, 2.24) is 15.0 Å². The molecule has 3 aromatic rings. The number of aromatic nitrogens is 3. The van der Waals surface area contributed by atoms with Crippen molar-refractivity contribution in [2.24, 2.45) is 0 Å². The number of nitrogens with one attached hydrogen (secondary N) is 2. The SMILES string of the molecule is Clc1ccc(-c2ccnc(NCCNc3ccccn3)n2)c(Cl)c1. The number of nitrogens with zero attached hydrogens (tertiary/aromatic N) is 3. The van der Waals surface area contributed by atoms with E-state index in [9.17, 15) is 0 Å². The molecule has 0 radical (unpaired) electrons. The lowest BCUT2D eigenvalue weighted by molar-refractivity contribution is 1.02. The Balaban J connectivity index is 1.61. The quantitative estimate of drug-likeness (QED) is 0.639. The Morgan fingerprint density at radius 3 is 2.54 bits per heavy atom. The summed E-state index contributed by atoms with van der Waals surface area (Å²) in [4.78, 5) is 12.9. The lowest BCUT2D eigenvalue weighted by atomic mass is 10.1. The van der Waals surface area contributed by atoms with Crippen LogP contribution >= 0.6 is 23.2 Å². The molecular formula is C17H15Cl2N5. The van der Waals surface area contributed by atoms with Crippen molar-refractivity contribution in [2.45, 2.75) is 0 Å². The van der Waals surface area contributed by atoms with Gasteiger partial charge in [0, 0.05) is 36.1 Å². The van der Waals surface area contributed by atoms with E-state index >= 15 is 0 Å². The van der Waals surface area contributed by atoms with E-state index < -0.39 is 0 Å². The second kappa shape index (κ2) is 7.95. The summed E-state index contributed by atoms with van der Waals surface area (Å²) in [5.74, 6) is 1.38. The smallest absolute Gasteiger partial charge is 0.223 e. The Labute approximate surface area is 150 Å². The van der Waals surface area contributed by atoms with Crippen molar-refractivity contribution in [3.05, 3.63) is 64.9 Å². The highest BCUT2D eigenvalue weighted by Crippen LogP contribution is 2.29. The number of benzene rings is 1. The Kier molecular flexibility index (Phi) is 5.46. The van der Waals surface area contributed by atoms with Crippen molar-refractivity contribution in [3.8, 4) is 11.3 Å². The zero-order chi connectivity index (χ0) is 16.8. The van der Waals surface area contributed by atoms with Gasteiger partial charge in [-0.15, -0.1) is 0 Å². The molecule has 1 aromatic carbocycles. The zero-order valence-corrected chi connectivity index (χ0v) is 14.2. The lowest BCUT2D eigenvalue weighted by Crippen LogP contribution is -2.15. The molecule has 0 unspecified atom stereocenters. The van der Waals surface area contributed by atoms with E-state index in [1.807, 2.05) is 30.3 Å². The van der Waals surface area contributed by atoms with E-state index in [1.54, 1.807) is 24.5 Å². The molecule has 0 saturated heterocycles. The summed E-state index contributed by atoms with van der Waals surface area (Å²) in [6.45, 7) is 1.36. The van der Waals surface area contributed by atoms with Gasteiger partial charge in [-0.3, -0.25) is 0 Å². The molecule has 2 heterocycles. The first-order valence-corrected chi connectivity index (χ1v) is 8.15. The van der Waals surface area contributed by atoms with Gasteiger partial charge in [-0.05, 0) is 36.4 Å². The fourth-order valence-electron chi connectivity index (χ4n) is 2.12. The summed E-state index contributed by atoms with van der Waals surface area (Å²) < 4.78 is 0. The molecule has 2 N–H and O–H groups in total. The fourth-order valence-corrected chi connectivity index (χ4v) is 2.63. The first-order valence-electron chi connectivity index (χ1n) is 7.39. The Morgan fingerprint density at radius 1 is 0.875 bits per heavy atom. The maximum atomic E-state index is 6.23. The Bertz CT molecular complexity index is 811. The molecule has 2 aromatic heterocycles. The van der Waals surface area contributed by atoms with Gasteiger partial charge in [0.1, 0.15) is 5.82 Å². The van der Waals surface area contributed by atoms with Crippen LogP contribution in [0.15, 0.2) is 54.9 Å². The van der Waals surface area contributed by atoms with Gasteiger partial charge in [-0.2, -0.15) is 0 Å². The van der Waals surface area contributed by atoms with Gasteiger partial charge in [0.15, 0.2) is 0 Å². The third-order valence-corrected chi connectivity index (χ3v) is 3.79. The predicted octanol–water partition coefficient (Wildman–Crippen LogP) is 4.37. The average Bonchev–Trinajstić information content (AvgIpc) is 2.60. The second-order valence-corrected chi connectivity index (χ2v) is 5.80. The molecule has 0 fully saturated rings. The number of rotatable bonds is 6. The molecule has 24 heavy (non-hydrogen) atoms. The van der Waals surface area contributed by atoms with E-state index in [2.05, 4.69) is 25.6 Å². The van der Waals surface area contributed by atoms with Gasteiger partial charge in [0.25, 0.3) is 0 Å². The number of halogens is 2. The Hall–Kier alpha value is -2.37. The minimum Gasteiger partial charge on any atom is -0.368 e. The first kappa shape index (κ1) is 16.5. The molecular weight excluding hydrogens is 345 g/mol. The molecule has 5 nitrogen and oxygen atoms in total. The van der Waals surface area contributed by atoms with Crippen LogP contribution in [0, 0.1) is 0 Å². The van der Waals surface area contributed by atoms with Gasteiger partial charge < -0.3 is 10.6 Å². The van der Waals surface area contributed by atoms with Crippen LogP contribution in [0.25, 0.3) is 11.3 Å². The number of hydrogen-bond acceptors (Lipinski definition) is 5. The summed E-state index contributed by atoms with van der Waals surface area (Å²) in [5.41, 5.74) is 1.56. The van der Waals surface area contributed by atoms with Crippen molar-refractivity contribution in [1.29, 1.82) is 0 Å². The third-order valence-electron chi connectivity index (χ3n) is 3.24. The van der Waals surface area contributed by atoms with Gasteiger partial charge in [0.2, 0.25) is 5.95 Å². The number of hydrogen-bond donors (Lipinski definition) is 2. The van der Waals surface area contributed by atoms with Gasteiger partial charge >= 0.3 is 0 Å². The van der Waals surface area contributed by atoms with Crippen LogP contribution in [-0.2, 0) is 0 Å². The molecule has 0 spiro atoms. The number of anilines is 2. The van der Waals surface area contributed by atoms with Crippen LogP contribution in [0.5, 0.6) is 0 Å². The Morgan fingerprint density at radius 2 is 1.75 bits per heavy atom. The van der Waals surface area contributed by atoms with E-state index in [0.717, 1.165) is 17.1 Å². The summed E-state index contributed by atoms with van der Waals surface area (Å²) in [6.07, 6.45) is 3.44. The zero-order valence-electron chi connectivity index (χ0n) is 12.7. The van der Waals surface area contributed by atoms with E-state index in [0.29, 0.717) is 29.1 Å². The third kappa shape index (κ3) is 4.34. The molecule has 0 amide bonds. The molecule has 0 aliphatic rings. The minimum absolute atomic E-state index is 0.543. The largest absolute Gasteiger partial charge is 0.368 e. The number of pyridine rings is 1. The first-order chi connectivity index (χ1) is 11.7. The van der Waals surface area contributed by atoms with Crippen LogP contribution in [0.3, 0.4) is 0 Å². The molecule has 122 valence electrons. The monoisotopic (exact) mass is 359 g/mol. The molecule has 0 bridgehead atoms. The molecule has 3 rings (SSSR count). The van der Waals surface area contributed by atoms with Crippen molar-refractivity contribution in [3.63, 3.8) is 0 Å². The summed E-state index contributed by atoms with van der Waals surface area (Å²) in [6, 6.07) is 12.9. The highest BCUT2D eigenvalue weighted by atomic mass is 35.5. The second-order valence-electron chi connectivity index (χ2n) is 4.96. The van der Waals surface area contributed by atoms with Gasteiger partial charge in [-0.1, -0.05) is 29.3 Å². The van der Waals surface area contributed by atoms with Gasteiger partial charge in [0.05, 0.1) is 10.7 Å². The normalized spacial score (nSPS) is 10.4. The van der Waals surface area contributed by atoms with Gasteiger partial charge in [-0.25, -0.2) is 15.0 Å². The molecule has 0 saturated carbocycles.